The molecule has 1 saturated carbocycles. The third kappa shape index (κ3) is 1.56. The first kappa shape index (κ1) is 10.5. The third-order valence-corrected chi connectivity index (χ3v) is 3.58. The predicted octanol–water partition coefficient (Wildman–Crippen LogP) is 0.453. The molecule has 0 aliphatic heterocycles. The van der Waals surface area contributed by atoms with Gasteiger partial charge in [-0.05, 0) is 12.8 Å². The summed E-state index contributed by atoms with van der Waals surface area (Å²) in [5.74, 6) is 0.244. The van der Waals surface area contributed by atoms with Gasteiger partial charge in [0.1, 0.15) is 0 Å². The molecule has 0 radical (unpaired) electrons. The van der Waals surface area contributed by atoms with Crippen LogP contribution in [-0.2, 0) is 0 Å². The summed E-state index contributed by atoms with van der Waals surface area (Å²) >= 11 is 0. The van der Waals surface area contributed by atoms with E-state index in [-0.39, 0.29) is 24.1 Å². The van der Waals surface area contributed by atoms with E-state index in [1.54, 1.807) is 6.33 Å². The zero-order valence-electron chi connectivity index (χ0n) is 9.33. The average Bonchev–Trinajstić information content (AvgIpc) is 2.94. The Hall–Kier alpha value is -1.69. The Kier molecular flexibility index (Phi) is 2.44. The van der Waals surface area contributed by atoms with Gasteiger partial charge in [-0.3, -0.25) is 4.79 Å². The van der Waals surface area contributed by atoms with Crippen molar-refractivity contribution in [1.82, 2.24) is 19.5 Å². The van der Waals surface area contributed by atoms with Crippen LogP contribution in [0.15, 0.2) is 17.4 Å². The molecule has 3 rings (SSSR count). The number of aromatic nitrogens is 4. The van der Waals surface area contributed by atoms with Crippen LogP contribution >= 0.6 is 0 Å². The predicted molar refractivity (Wildman–Crippen MR) is 61.6 cm³/mol. The molecular formula is C11H14N4O2. The van der Waals surface area contributed by atoms with E-state index in [0.717, 1.165) is 19.3 Å². The molecule has 2 aromatic heterocycles. The lowest BCUT2D eigenvalue weighted by molar-refractivity contribution is 0.197. The Morgan fingerprint density at radius 3 is 3.18 bits per heavy atom. The van der Waals surface area contributed by atoms with Gasteiger partial charge in [0, 0.05) is 18.6 Å². The van der Waals surface area contributed by atoms with Crippen molar-refractivity contribution in [2.24, 2.45) is 5.92 Å². The highest BCUT2D eigenvalue weighted by Gasteiger charge is 2.29. The number of imidazole rings is 1. The number of hydrogen-bond acceptors (Lipinski definition) is 4. The van der Waals surface area contributed by atoms with Crippen molar-refractivity contribution in [1.29, 1.82) is 0 Å². The number of fused-ring (bicyclic) bond motifs is 1. The van der Waals surface area contributed by atoms with Gasteiger partial charge >= 0.3 is 0 Å². The molecule has 2 atom stereocenters. The highest BCUT2D eigenvalue weighted by molar-refractivity contribution is 5.68. The molecule has 1 fully saturated rings. The van der Waals surface area contributed by atoms with Crippen LogP contribution in [0.25, 0.3) is 11.2 Å². The van der Waals surface area contributed by atoms with Crippen LogP contribution in [0.3, 0.4) is 0 Å². The Morgan fingerprint density at radius 1 is 1.47 bits per heavy atom. The molecule has 17 heavy (non-hydrogen) atoms. The Morgan fingerprint density at radius 2 is 2.35 bits per heavy atom. The molecule has 0 aromatic carbocycles. The van der Waals surface area contributed by atoms with Crippen molar-refractivity contribution < 1.29 is 5.11 Å². The van der Waals surface area contributed by atoms with Gasteiger partial charge in [-0.25, -0.2) is 9.97 Å². The SMILES string of the molecule is O=c1[nH]cnc2c1ncn2[C@H]1CCC[C@H]1CO. The molecule has 0 saturated heterocycles. The Labute approximate surface area is 97.3 Å². The first-order chi connectivity index (χ1) is 8.31. The maximum atomic E-state index is 11.5. The number of rotatable bonds is 2. The molecule has 2 heterocycles. The highest BCUT2D eigenvalue weighted by atomic mass is 16.3. The molecule has 1 aliphatic rings. The zero-order chi connectivity index (χ0) is 11.8. The van der Waals surface area contributed by atoms with Crippen molar-refractivity contribution in [3.8, 4) is 0 Å². The number of nitrogens with zero attached hydrogens (tertiary/aromatic N) is 3. The lowest BCUT2D eigenvalue weighted by atomic mass is 10.1. The van der Waals surface area contributed by atoms with Gasteiger partial charge in [0.05, 0.1) is 12.7 Å². The van der Waals surface area contributed by atoms with E-state index in [2.05, 4.69) is 15.0 Å². The summed E-state index contributed by atoms with van der Waals surface area (Å²) in [6.07, 6.45) is 6.17. The van der Waals surface area contributed by atoms with E-state index in [9.17, 15) is 9.90 Å². The van der Waals surface area contributed by atoms with Crippen LogP contribution in [0.1, 0.15) is 25.3 Å². The summed E-state index contributed by atoms with van der Waals surface area (Å²) in [5, 5.41) is 9.34. The van der Waals surface area contributed by atoms with Gasteiger partial charge in [0.15, 0.2) is 11.2 Å². The van der Waals surface area contributed by atoms with Crippen molar-refractivity contribution in [3.63, 3.8) is 0 Å². The second-order valence-electron chi connectivity index (χ2n) is 4.50. The van der Waals surface area contributed by atoms with E-state index in [0.29, 0.717) is 11.2 Å². The minimum atomic E-state index is -0.215. The van der Waals surface area contributed by atoms with Gasteiger partial charge in [0.25, 0.3) is 5.56 Å². The molecule has 0 bridgehead atoms. The van der Waals surface area contributed by atoms with Crippen LogP contribution in [0.4, 0.5) is 0 Å². The van der Waals surface area contributed by atoms with Crippen LogP contribution in [-0.4, -0.2) is 31.2 Å². The van der Waals surface area contributed by atoms with Gasteiger partial charge < -0.3 is 14.7 Å². The number of aromatic amines is 1. The summed E-state index contributed by atoms with van der Waals surface area (Å²) < 4.78 is 1.93. The summed E-state index contributed by atoms with van der Waals surface area (Å²) in [5.41, 5.74) is 0.766. The minimum Gasteiger partial charge on any atom is -0.396 e. The van der Waals surface area contributed by atoms with Crippen molar-refractivity contribution in [2.45, 2.75) is 25.3 Å². The zero-order valence-corrected chi connectivity index (χ0v) is 9.33. The molecule has 2 N–H and O–H groups in total. The standard InChI is InChI=1S/C11H14N4O2/c16-4-7-2-1-3-8(7)15-6-14-9-10(15)12-5-13-11(9)17/h5-8,16H,1-4H2,(H,12,13,17)/t7-,8-/m0/s1. The molecular weight excluding hydrogens is 220 g/mol. The number of nitrogens with one attached hydrogen (secondary N) is 1. The van der Waals surface area contributed by atoms with Crippen molar-refractivity contribution >= 4 is 11.2 Å². The fourth-order valence-corrected chi connectivity index (χ4v) is 2.70. The fourth-order valence-electron chi connectivity index (χ4n) is 2.70. The van der Waals surface area contributed by atoms with Gasteiger partial charge in [0.2, 0.25) is 0 Å². The lowest BCUT2D eigenvalue weighted by Crippen LogP contribution is -2.17. The Bertz CT molecular complexity index is 588. The molecule has 0 amide bonds. The second-order valence-corrected chi connectivity index (χ2v) is 4.50. The van der Waals surface area contributed by atoms with Crippen LogP contribution in [0.2, 0.25) is 0 Å². The maximum Gasteiger partial charge on any atom is 0.278 e. The summed E-state index contributed by atoms with van der Waals surface area (Å²) in [6, 6.07) is 0.208. The summed E-state index contributed by atoms with van der Waals surface area (Å²) in [6.45, 7) is 0.174. The average molecular weight is 234 g/mol. The third-order valence-electron chi connectivity index (χ3n) is 3.58. The normalized spacial score (nSPS) is 24.5. The lowest BCUT2D eigenvalue weighted by Gasteiger charge is -2.18. The fraction of sp³-hybridized carbons (Fsp3) is 0.545. The highest BCUT2D eigenvalue weighted by Crippen LogP contribution is 2.36. The van der Waals surface area contributed by atoms with Crippen molar-refractivity contribution in [3.05, 3.63) is 23.0 Å². The molecule has 90 valence electrons. The first-order valence-corrected chi connectivity index (χ1v) is 5.82. The maximum absolute atomic E-state index is 11.5. The topological polar surface area (TPSA) is 83.8 Å². The molecule has 1 aliphatic carbocycles. The van der Waals surface area contributed by atoms with Crippen LogP contribution in [0.5, 0.6) is 0 Å². The first-order valence-electron chi connectivity index (χ1n) is 5.82. The van der Waals surface area contributed by atoms with Crippen LogP contribution in [0, 0.1) is 5.92 Å². The number of aliphatic hydroxyl groups is 1. The van der Waals surface area contributed by atoms with E-state index in [4.69, 9.17) is 0 Å². The number of H-pyrrole nitrogens is 1. The van der Waals surface area contributed by atoms with Crippen LogP contribution < -0.4 is 5.56 Å². The minimum absolute atomic E-state index is 0.174. The smallest absolute Gasteiger partial charge is 0.278 e. The monoisotopic (exact) mass is 234 g/mol. The van der Waals surface area contributed by atoms with E-state index in [1.807, 2.05) is 4.57 Å². The molecule has 6 heteroatoms. The molecule has 6 nitrogen and oxygen atoms in total. The summed E-state index contributed by atoms with van der Waals surface area (Å²) in [7, 11) is 0. The van der Waals surface area contributed by atoms with Gasteiger partial charge in [-0.1, -0.05) is 6.42 Å². The summed E-state index contributed by atoms with van der Waals surface area (Å²) in [4.78, 5) is 22.3. The second kappa shape index (κ2) is 3.96. The van der Waals surface area contributed by atoms with E-state index in [1.165, 1.54) is 6.33 Å². The Balaban J connectivity index is 2.12. The largest absolute Gasteiger partial charge is 0.396 e. The van der Waals surface area contributed by atoms with Crippen molar-refractivity contribution in [2.75, 3.05) is 6.61 Å². The molecule has 2 aromatic rings. The molecule has 0 unspecified atom stereocenters. The van der Waals surface area contributed by atoms with E-state index >= 15 is 0 Å². The molecule has 0 spiro atoms. The van der Waals surface area contributed by atoms with Gasteiger partial charge in [-0.15, -0.1) is 0 Å². The van der Waals surface area contributed by atoms with E-state index < -0.39 is 0 Å². The quantitative estimate of drug-likeness (QED) is 0.790. The number of aliphatic hydroxyl groups excluding tert-OH is 1. The van der Waals surface area contributed by atoms with Gasteiger partial charge in [-0.2, -0.15) is 0 Å². The number of hydrogen-bond donors (Lipinski definition) is 2.